The highest BCUT2D eigenvalue weighted by molar-refractivity contribution is 6.02. The number of aromatic hydroxyl groups is 1. The molecule has 13 heteroatoms. The number of ether oxygens (including phenoxy) is 2. The quantitative estimate of drug-likeness (QED) is 0.251. The summed E-state index contributed by atoms with van der Waals surface area (Å²) < 4.78 is 16.6. The molecule has 4 N–H and O–H groups in total. The highest BCUT2D eigenvalue weighted by atomic mass is 16.6. The lowest BCUT2D eigenvalue weighted by atomic mass is 10.1. The van der Waals surface area contributed by atoms with Crippen molar-refractivity contribution in [3.05, 3.63) is 53.7 Å². The summed E-state index contributed by atoms with van der Waals surface area (Å²) >= 11 is 0. The van der Waals surface area contributed by atoms with Crippen molar-refractivity contribution in [1.29, 1.82) is 0 Å². The van der Waals surface area contributed by atoms with Crippen LogP contribution in [0.3, 0.4) is 0 Å². The molecular formula is C22H22N8O5. The molecule has 2 aromatic heterocycles. The second-order valence-electron chi connectivity index (χ2n) is 7.16. The molecule has 0 aliphatic carbocycles. The van der Waals surface area contributed by atoms with E-state index in [0.717, 1.165) is 0 Å². The van der Waals surface area contributed by atoms with E-state index in [1.165, 1.54) is 17.9 Å². The van der Waals surface area contributed by atoms with Crippen LogP contribution in [0.1, 0.15) is 29.9 Å². The molecule has 35 heavy (non-hydrogen) atoms. The number of amides is 1. The van der Waals surface area contributed by atoms with Gasteiger partial charge in [0.25, 0.3) is 5.91 Å². The number of anilines is 1. The number of benzene rings is 2. The van der Waals surface area contributed by atoms with E-state index in [2.05, 4.69) is 35.8 Å². The van der Waals surface area contributed by atoms with Gasteiger partial charge in [-0.2, -0.15) is 9.78 Å². The molecule has 0 spiro atoms. The van der Waals surface area contributed by atoms with Crippen molar-refractivity contribution < 1.29 is 24.0 Å². The highest BCUT2D eigenvalue weighted by Crippen LogP contribution is 2.29. The Morgan fingerprint density at radius 2 is 2.09 bits per heavy atom. The van der Waals surface area contributed by atoms with Gasteiger partial charge in [0, 0.05) is 11.1 Å². The van der Waals surface area contributed by atoms with Crippen LogP contribution in [0.4, 0.5) is 5.82 Å². The Labute approximate surface area is 199 Å². The average molecular weight is 478 g/mol. The fourth-order valence-corrected chi connectivity index (χ4v) is 3.23. The molecule has 0 fully saturated rings. The van der Waals surface area contributed by atoms with E-state index in [1.54, 1.807) is 43.3 Å². The van der Waals surface area contributed by atoms with E-state index in [4.69, 9.17) is 15.2 Å². The molecule has 2 heterocycles. The molecular weight excluding hydrogens is 456 g/mol. The monoisotopic (exact) mass is 478 g/mol. The third-order valence-corrected chi connectivity index (χ3v) is 4.92. The zero-order chi connectivity index (χ0) is 24.9. The second kappa shape index (κ2) is 9.91. The number of nitrogens with zero attached hydrogens (tertiary/aromatic N) is 6. The molecule has 4 aromatic rings. The van der Waals surface area contributed by atoms with Gasteiger partial charge in [-0.15, -0.1) is 5.10 Å². The van der Waals surface area contributed by atoms with Gasteiger partial charge < -0.3 is 20.3 Å². The summed E-state index contributed by atoms with van der Waals surface area (Å²) in [5, 5.41) is 29.3. The van der Waals surface area contributed by atoms with E-state index < -0.39 is 5.91 Å². The number of carbonyl (C=O) groups is 1. The zero-order valence-electron chi connectivity index (χ0n) is 19.1. The molecule has 1 amide bonds. The highest BCUT2D eigenvalue weighted by Gasteiger charge is 2.25. The van der Waals surface area contributed by atoms with Crippen LogP contribution in [0.25, 0.3) is 17.1 Å². The SMILES string of the molecule is CCOc1cccc(-c2c(C(=O)NN=C(C)c3ccc(O)c(OC)c3)nnn2-c2nonc2N)c1. The first-order valence-corrected chi connectivity index (χ1v) is 10.4. The van der Waals surface area contributed by atoms with Gasteiger partial charge in [0.05, 0.1) is 19.4 Å². The fourth-order valence-electron chi connectivity index (χ4n) is 3.23. The van der Waals surface area contributed by atoms with E-state index in [0.29, 0.717) is 29.2 Å². The summed E-state index contributed by atoms with van der Waals surface area (Å²) in [5.74, 6) is 0.272. The molecule has 180 valence electrons. The Morgan fingerprint density at radius 1 is 1.26 bits per heavy atom. The fraction of sp³-hybridized carbons (Fsp3) is 0.182. The number of aromatic nitrogens is 5. The van der Waals surface area contributed by atoms with Crippen LogP contribution in [0, 0.1) is 0 Å². The average Bonchev–Trinajstić information content (AvgIpc) is 3.49. The minimum absolute atomic E-state index is 0.00903. The van der Waals surface area contributed by atoms with E-state index >= 15 is 0 Å². The number of methoxy groups -OCH3 is 1. The molecule has 0 atom stereocenters. The smallest absolute Gasteiger partial charge is 0.294 e. The molecule has 0 radical (unpaired) electrons. The predicted molar refractivity (Wildman–Crippen MR) is 125 cm³/mol. The molecule has 0 saturated carbocycles. The van der Waals surface area contributed by atoms with Crippen LogP contribution in [0.15, 0.2) is 52.2 Å². The van der Waals surface area contributed by atoms with E-state index in [1.807, 2.05) is 6.92 Å². The first-order chi connectivity index (χ1) is 16.9. The van der Waals surface area contributed by atoms with Gasteiger partial charge in [-0.05, 0) is 54.5 Å². The summed E-state index contributed by atoms with van der Waals surface area (Å²) in [6, 6.07) is 11.8. The number of nitrogens with two attached hydrogens (primary N) is 1. The zero-order valence-corrected chi connectivity index (χ0v) is 19.1. The van der Waals surface area contributed by atoms with Crippen LogP contribution in [-0.2, 0) is 0 Å². The topological polar surface area (TPSA) is 176 Å². The Hall–Kier alpha value is -4.94. The predicted octanol–water partition coefficient (Wildman–Crippen LogP) is 2.17. The molecule has 2 aromatic carbocycles. The lowest BCUT2D eigenvalue weighted by Crippen LogP contribution is -2.21. The van der Waals surface area contributed by atoms with E-state index in [-0.39, 0.29) is 34.5 Å². The Morgan fingerprint density at radius 3 is 2.80 bits per heavy atom. The van der Waals surface area contributed by atoms with Gasteiger partial charge in [-0.3, -0.25) is 4.79 Å². The van der Waals surface area contributed by atoms with Crippen molar-refractivity contribution in [2.24, 2.45) is 5.10 Å². The lowest BCUT2D eigenvalue weighted by molar-refractivity contribution is 0.0950. The number of phenolic OH excluding ortho intramolecular Hbond substituents is 1. The maximum absolute atomic E-state index is 13.1. The second-order valence-corrected chi connectivity index (χ2v) is 7.16. The summed E-state index contributed by atoms with van der Waals surface area (Å²) in [7, 11) is 1.44. The van der Waals surface area contributed by atoms with Gasteiger partial charge in [0.1, 0.15) is 11.4 Å². The first-order valence-electron chi connectivity index (χ1n) is 10.4. The van der Waals surface area contributed by atoms with Crippen LogP contribution in [0.2, 0.25) is 0 Å². The molecule has 0 aliphatic rings. The van der Waals surface area contributed by atoms with Crippen molar-refractivity contribution in [1.82, 2.24) is 30.7 Å². The van der Waals surface area contributed by atoms with Crippen LogP contribution < -0.4 is 20.6 Å². The normalized spacial score (nSPS) is 11.3. The third kappa shape index (κ3) is 4.73. The summed E-state index contributed by atoms with van der Waals surface area (Å²) in [6.07, 6.45) is 0. The van der Waals surface area contributed by atoms with Gasteiger partial charge in [-0.25, -0.2) is 10.1 Å². The minimum Gasteiger partial charge on any atom is -0.504 e. The Kier molecular flexibility index (Phi) is 6.57. The third-order valence-electron chi connectivity index (χ3n) is 4.92. The summed E-state index contributed by atoms with van der Waals surface area (Å²) in [4.78, 5) is 13.1. The number of hydrogen-bond donors (Lipinski definition) is 3. The van der Waals surface area contributed by atoms with Crippen molar-refractivity contribution in [2.45, 2.75) is 13.8 Å². The van der Waals surface area contributed by atoms with Crippen molar-refractivity contribution in [3.63, 3.8) is 0 Å². The minimum atomic E-state index is -0.631. The number of rotatable bonds is 8. The lowest BCUT2D eigenvalue weighted by Gasteiger charge is -2.09. The number of nitrogen functional groups attached to an aromatic ring is 1. The maximum Gasteiger partial charge on any atom is 0.294 e. The maximum atomic E-state index is 13.1. The number of phenols is 1. The van der Waals surface area contributed by atoms with Crippen molar-refractivity contribution in [2.75, 3.05) is 19.5 Å². The van der Waals surface area contributed by atoms with Gasteiger partial charge in [-0.1, -0.05) is 17.3 Å². The molecule has 0 bridgehead atoms. The van der Waals surface area contributed by atoms with Crippen LogP contribution >= 0.6 is 0 Å². The van der Waals surface area contributed by atoms with Gasteiger partial charge >= 0.3 is 0 Å². The summed E-state index contributed by atoms with van der Waals surface area (Å²) in [5.41, 5.74) is 10.2. The van der Waals surface area contributed by atoms with Crippen LogP contribution in [0.5, 0.6) is 17.2 Å². The molecule has 13 nitrogen and oxygen atoms in total. The van der Waals surface area contributed by atoms with Crippen LogP contribution in [-0.4, -0.2) is 55.7 Å². The van der Waals surface area contributed by atoms with E-state index in [9.17, 15) is 9.90 Å². The summed E-state index contributed by atoms with van der Waals surface area (Å²) in [6.45, 7) is 4.02. The molecule has 0 unspecified atom stereocenters. The largest absolute Gasteiger partial charge is 0.504 e. The molecule has 0 aliphatic heterocycles. The molecule has 0 saturated heterocycles. The Bertz CT molecular complexity index is 1390. The van der Waals surface area contributed by atoms with Crippen molar-refractivity contribution >= 4 is 17.4 Å². The standard InChI is InChI=1S/C22H22N8O5/c1-4-34-15-7-5-6-14(10-15)19-18(25-29-30(19)21-20(23)27-35-28-21)22(32)26-24-12(2)13-8-9-16(31)17(11-13)33-3/h5-11,31H,4H2,1-3H3,(H2,23,27)(H,26,32). The Balaban J connectivity index is 1.71. The van der Waals surface area contributed by atoms with Gasteiger partial charge in [0.2, 0.25) is 11.6 Å². The van der Waals surface area contributed by atoms with Gasteiger partial charge in [0.15, 0.2) is 17.2 Å². The first kappa shape index (κ1) is 23.2. The number of hydrogen-bond acceptors (Lipinski definition) is 11. The number of hydrazone groups is 1. The number of carbonyl (C=O) groups excluding carboxylic acids is 1. The molecule has 4 rings (SSSR count). The number of nitrogens with one attached hydrogen (secondary N) is 1. The van der Waals surface area contributed by atoms with Crippen molar-refractivity contribution in [3.8, 4) is 34.3 Å².